The van der Waals surface area contributed by atoms with Crippen LogP contribution in [0.4, 0.5) is 14.5 Å². The van der Waals surface area contributed by atoms with Crippen LogP contribution < -0.4 is 4.72 Å². The monoisotopic (exact) mass is 362 g/mol. The molecule has 0 saturated carbocycles. The van der Waals surface area contributed by atoms with Gasteiger partial charge in [-0.15, -0.1) is 0 Å². The number of hydrogen-bond acceptors (Lipinski definition) is 3. The molecule has 0 aliphatic heterocycles. The third-order valence-corrected chi connectivity index (χ3v) is 4.72. The van der Waals surface area contributed by atoms with Crippen LogP contribution in [0.25, 0.3) is 0 Å². The molecule has 4 nitrogen and oxygen atoms in total. The number of halogens is 3. The molecule has 106 valence electrons. The summed E-state index contributed by atoms with van der Waals surface area (Å²) in [6.07, 6.45) is 1.24. The number of rotatable bonds is 3. The molecule has 0 unspecified atom stereocenters. The number of benzene rings is 1. The predicted octanol–water partition coefficient (Wildman–Crippen LogP) is 3.23. The summed E-state index contributed by atoms with van der Waals surface area (Å²) >= 11 is 3.17. The van der Waals surface area contributed by atoms with Crippen molar-refractivity contribution in [2.24, 2.45) is 0 Å². The van der Waals surface area contributed by atoms with Gasteiger partial charge in [-0.1, -0.05) is 6.07 Å². The summed E-state index contributed by atoms with van der Waals surface area (Å²) in [6.45, 7) is 1.71. The second kappa shape index (κ2) is 5.45. The first kappa shape index (κ1) is 14.9. The van der Waals surface area contributed by atoms with Gasteiger partial charge < -0.3 is 0 Å². The Balaban J connectivity index is 2.43. The van der Waals surface area contributed by atoms with Crippen molar-refractivity contribution in [2.75, 3.05) is 4.72 Å². The molecule has 0 saturated heterocycles. The van der Waals surface area contributed by atoms with E-state index in [2.05, 4.69) is 25.6 Å². The molecule has 2 aromatic rings. The Morgan fingerprint density at radius 2 is 1.85 bits per heavy atom. The lowest BCUT2D eigenvalue weighted by molar-refractivity contribution is 0.521. The summed E-state index contributed by atoms with van der Waals surface area (Å²) in [5.74, 6) is -2.31. The average Bonchev–Trinajstić information content (AvgIpc) is 2.33. The molecule has 2 rings (SSSR count). The topological polar surface area (TPSA) is 59.1 Å². The van der Waals surface area contributed by atoms with Crippen LogP contribution in [0, 0.1) is 18.6 Å². The minimum Gasteiger partial charge on any atom is -0.278 e. The van der Waals surface area contributed by atoms with E-state index < -0.39 is 26.6 Å². The summed E-state index contributed by atoms with van der Waals surface area (Å²) in [7, 11) is -4.36. The molecule has 1 heterocycles. The van der Waals surface area contributed by atoms with Gasteiger partial charge in [-0.25, -0.2) is 22.2 Å². The van der Waals surface area contributed by atoms with Crippen LogP contribution in [0.2, 0.25) is 0 Å². The lowest BCUT2D eigenvalue weighted by atomic mass is 10.3. The van der Waals surface area contributed by atoms with Gasteiger partial charge in [-0.3, -0.25) is 4.72 Å². The lowest BCUT2D eigenvalue weighted by Crippen LogP contribution is -2.16. The first-order chi connectivity index (χ1) is 9.31. The highest BCUT2D eigenvalue weighted by atomic mass is 79.9. The highest BCUT2D eigenvalue weighted by Crippen LogP contribution is 2.23. The van der Waals surface area contributed by atoms with Crippen LogP contribution in [0.3, 0.4) is 0 Å². The maximum atomic E-state index is 13.5. The second-order valence-electron chi connectivity index (χ2n) is 3.99. The Hall–Kier alpha value is -1.54. The van der Waals surface area contributed by atoms with E-state index >= 15 is 0 Å². The normalized spacial score (nSPS) is 11.4. The number of aromatic nitrogens is 1. The zero-order valence-corrected chi connectivity index (χ0v) is 12.6. The molecule has 20 heavy (non-hydrogen) atoms. The van der Waals surface area contributed by atoms with Crippen LogP contribution in [0.5, 0.6) is 0 Å². The molecule has 0 radical (unpaired) electrons. The number of nitrogens with zero attached hydrogens (tertiary/aromatic N) is 1. The Kier molecular flexibility index (Phi) is 4.05. The van der Waals surface area contributed by atoms with Gasteiger partial charge in [0.1, 0.15) is 16.2 Å². The van der Waals surface area contributed by atoms with Gasteiger partial charge in [-0.2, -0.15) is 0 Å². The fourth-order valence-corrected chi connectivity index (χ4v) is 2.95. The van der Waals surface area contributed by atoms with Crippen LogP contribution in [0.1, 0.15) is 5.56 Å². The maximum Gasteiger partial charge on any atom is 0.267 e. The van der Waals surface area contributed by atoms with Gasteiger partial charge in [0.05, 0.1) is 11.9 Å². The second-order valence-corrected chi connectivity index (χ2v) is 6.36. The van der Waals surface area contributed by atoms with E-state index in [9.17, 15) is 17.2 Å². The SMILES string of the molecule is Cc1cc(NS(=O)(=O)c2c(F)cccc2F)cnc1Br. The number of anilines is 1. The zero-order valence-electron chi connectivity index (χ0n) is 10.2. The smallest absolute Gasteiger partial charge is 0.267 e. The molecule has 8 heteroatoms. The predicted molar refractivity (Wildman–Crippen MR) is 73.8 cm³/mol. The number of sulfonamides is 1. The van der Waals surface area contributed by atoms with E-state index in [1.807, 2.05) is 0 Å². The van der Waals surface area contributed by atoms with Gasteiger partial charge in [0.2, 0.25) is 0 Å². The summed E-state index contributed by atoms with van der Waals surface area (Å²) in [5.41, 5.74) is 0.799. The van der Waals surface area contributed by atoms with Gasteiger partial charge in [0.15, 0.2) is 4.90 Å². The van der Waals surface area contributed by atoms with Crippen LogP contribution in [0.15, 0.2) is 40.0 Å². The van der Waals surface area contributed by atoms with Gasteiger partial charge in [-0.05, 0) is 46.6 Å². The Bertz CT molecular complexity index is 746. The van der Waals surface area contributed by atoms with Gasteiger partial charge >= 0.3 is 0 Å². The zero-order chi connectivity index (χ0) is 14.9. The average molecular weight is 363 g/mol. The van der Waals surface area contributed by atoms with E-state index in [4.69, 9.17) is 0 Å². The van der Waals surface area contributed by atoms with Crippen molar-refractivity contribution in [1.29, 1.82) is 0 Å². The molecular formula is C12H9BrF2N2O2S. The molecule has 1 aromatic carbocycles. The Morgan fingerprint density at radius 3 is 2.40 bits per heavy atom. The maximum absolute atomic E-state index is 13.5. The van der Waals surface area contributed by atoms with Crippen LogP contribution >= 0.6 is 15.9 Å². The fourth-order valence-electron chi connectivity index (χ4n) is 1.56. The summed E-state index contributed by atoms with van der Waals surface area (Å²) in [5, 5.41) is 0. The quantitative estimate of drug-likeness (QED) is 0.852. The fraction of sp³-hybridized carbons (Fsp3) is 0.0833. The van der Waals surface area contributed by atoms with Crippen molar-refractivity contribution in [3.63, 3.8) is 0 Å². The number of nitrogens with one attached hydrogen (secondary N) is 1. The molecule has 0 aliphatic rings. The van der Waals surface area contributed by atoms with E-state index in [0.29, 0.717) is 10.2 Å². The number of hydrogen-bond donors (Lipinski definition) is 1. The number of pyridine rings is 1. The Labute approximate surface area is 123 Å². The lowest BCUT2D eigenvalue weighted by Gasteiger charge is -2.10. The third kappa shape index (κ3) is 2.96. The summed E-state index contributed by atoms with van der Waals surface area (Å²) in [6, 6.07) is 4.34. The molecule has 0 aliphatic carbocycles. The van der Waals surface area contributed by atoms with Crippen molar-refractivity contribution in [1.82, 2.24) is 4.98 Å². The van der Waals surface area contributed by atoms with Crippen molar-refractivity contribution in [2.45, 2.75) is 11.8 Å². The molecule has 0 bridgehead atoms. The third-order valence-electron chi connectivity index (χ3n) is 2.45. The summed E-state index contributed by atoms with van der Waals surface area (Å²) < 4.78 is 53.7. The first-order valence-corrected chi connectivity index (χ1v) is 7.68. The van der Waals surface area contributed by atoms with Gasteiger partial charge in [0.25, 0.3) is 10.0 Å². The minimum atomic E-state index is -4.36. The first-order valence-electron chi connectivity index (χ1n) is 5.40. The summed E-state index contributed by atoms with van der Waals surface area (Å²) in [4.78, 5) is 2.89. The molecule has 0 spiro atoms. The number of aryl methyl sites for hydroxylation is 1. The largest absolute Gasteiger partial charge is 0.278 e. The standard InChI is InChI=1S/C12H9BrF2N2O2S/c1-7-5-8(6-16-12(7)13)17-20(18,19)11-9(14)3-2-4-10(11)15/h2-6,17H,1H3. The molecule has 0 atom stereocenters. The van der Waals surface area contributed by atoms with E-state index in [1.165, 1.54) is 12.3 Å². The van der Waals surface area contributed by atoms with E-state index in [-0.39, 0.29) is 5.69 Å². The highest BCUT2D eigenvalue weighted by molar-refractivity contribution is 9.10. The Morgan fingerprint density at radius 1 is 1.25 bits per heavy atom. The molecule has 1 aromatic heterocycles. The van der Waals surface area contributed by atoms with Crippen molar-refractivity contribution >= 4 is 31.6 Å². The van der Waals surface area contributed by atoms with Crippen molar-refractivity contribution in [3.8, 4) is 0 Å². The molecule has 0 fully saturated rings. The minimum absolute atomic E-state index is 0.119. The van der Waals surface area contributed by atoms with Crippen molar-refractivity contribution in [3.05, 3.63) is 52.3 Å². The van der Waals surface area contributed by atoms with Gasteiger partial charge in [0, 0.05) is 0 Å². The molecular weight excluding hydrogens is 354 g/mol. The highest BCUT2D eigenvalue weighted by Gasteiger charge is 2.24. The van der Waals surface area contributed by atoms with E-state index in [0.717, 1.165) is 18.2 Å². The molecule has 0 amide bonds. The van der Waals surface area contributed by atoms with Crippen LogP contribution in [-0.2, 0) is 10.0 Å². The van der Waals surface area contributed by atoms with Crippen LogP contribution in [-0.4, -0.2) is 13.4 Å². The van der Waals surface area contributed by atoms with E-state index in [1.54, 1.807) is 6.92 Å². The molecule has 1 N–H and O–H groups in total. The van der Waals surface area contributed by atoms with Crippen molar-refractivity contribution < 1.29 is 17.2 Å².